The molecule has 0 aromatic rings. The van der Waals surface area contributed by atoms with Crippen molar-refractivity contribution in [2.24, 2.45) is 5.92 Å². The zero-order valence-corrected chi connectivity index (χ0v) is 7.79. The fraction of sp³-hybridized carbons (Fsp3) is 0.625. The van der Waals surface area contributed by atoms with E-state index in [2.05, 4.69) is 5.32 Å². The number of nitrogens with one attached hydrogen (secondary N) is 2. The van der Waals surface area contributed by atoms with E-state index in [4.69, 9.17) is 5.41 Å². The highest BCUT2D eigenvalue weighted by atomic mass is 19.4. The van der Waals surface area contributed by atoms with Gasteiger partial charge in [0, 0.05) is 18.8 Å². The van der Waals surface area contributed by atoms with Gasteiger partial charge in [-0.15, -0.1) is 0 Å². The van der Waals surface area contributed by atoms with Crippen LogP contribution in [-0.4, -0.2) is 18.9 Å². The maximum atomic E-state index is 12.1. The van der Waals surface area contributed by atoms with Crippen molar-refractivity contribution in [2.75, 3.05) is 7.05 Å². The summed E-state index contributed by atoms with van der Waals surface area (Å²) in [5.41, 5.74) is -1.31. The van der Waals surface area contributed by atoms with Crippen LogP contribution in [0.2, 0.25) is 0 Å². The Morgan fingerprint density at radius 1 is 1.38 bits per heavy atom. The maximum absolute atomic E-state index is 12.1. The van der Waals surface area contributed by atoms with E-state index in [0.717, 1.165) is 0 Å². The molecule has 2 N–H and O–H groups in total. The van der Waals surface area contributed by atoms with Crippen molar-refractivity contribution in [3.63, 3.8) is 0 Å². The molecule has 0 heterocycles. The van der Waals surface area contributed by atoms with Crippen LogP contribution >= 0.6 is 0 Å². The van der Waals surface area contributed by atoms with E-state index in [1.165, 1.54) is 13.2 Å². The molecule has 0 aliphatic heterocycles. The van der Waals surface area contributed by atoms with Crippen LogP contribution in [0.25, 0.3) is 0 Å². The second-order valence-electron chi connectivity index (χ2n) is 2.92. The average Bonchev–Trinajstić information content (AvgIpc) is 1.96. The second kappa shape index (κ2) is 4.30. The van der Waals surface area contributed by atoms with Crippen LogP contribution in [0.15, 0.2) is 11.8 Å². The van der Waals surface area contributed by atoms with Gasteiger partial charge in [0.2, 0.25) is 0 Å². The van der Waals surface area contributed by atoms with Crippen LogP contribution in [0.4, 0.5) is 13.2 Å². The number of halogens is 3. The van der Waals surface area contributed by atoms with Crippen LogP contribution in [-0.2, 0) is 0 Å². The van der Waals surface area contributed by atoms with Gasteiger partial charge in [-0.1, -0.05) is 13.8 Å². The lowest BCUT2D eigenvalue weighted by molar-refractivity contribution is -0.0593. The monoisotopic (exact) mass is 194 g/mol. The van der Waals surface area contributed by atoms with Crippen LogP contribution < -0.4 is 5.32 Å². The predicted molar refractivity (Wildman–Crippen MR) is 45.8 cm³/mol. The van der Waals surface area contributed by atoms with Crippen LogP contribution in [0.3, 0.4) is 0 Å². The van der Waals surface area contributed by atoms with E-state index in [-0.39, 0.29) is 11.5 Å². The highest BCUT2D eigenvalue weighted by molar-refractivity contribution is 6.02. The Morgan fingerprint density at radius 3 is 2.08 bits per heavy atom. The molecule has 0 aromatic heterocycles. The fourth-order valence-corrected chi connectivity index (χ4v) is 0.847. The molecule has 13 heavy (non-hydrogen) atoms. The average molecular weight is 194 g/mol. The van der Waals surface area contributed by atoms with Gasteiger partial charge in [-0.2, -0.15) is 13.2 Å². The lowest BCUT2D eigenvalue weighted by atomic mass is 9.99. The van der Waals surface area contributed by atoms with E-state index >= 15 is 0 Å². The van der Waals surface area contributed by atoms with Crippen molar-refractivity contribution in [3.8, 4) is 0 Å². The number of hydrogen-bond acceptors (Lipinski definition) is 2. The third-order valence-corrected chi connectivity index (χ3v) is 1.49. The number of hydrogen-bond donors (Lipinski definition) is 2. The fourth-order valence-electron chi connectivity index (χ4n) is 0.847. The molecule has 5 heteroatoms. The normalized spacial score (nSPS) is 13.3. The van der Waals surface area contributed by atoms with Crippen molar-refractivity contribution in [3.05, 3.63) is 11.8 Å². The quantitative estimate of drug-likeness (QED) is 0.664. The minimum atomic E-state index is -4.56. The molecule has 0 amide bonds. The molecule has 0 saturated heterocycles. The molecule has 0 aromatic carbocycles. The summed E-state index contributed by atoms with van der Waals surface area (Å²) in [4.78, 5) is 0. The summed E-state index contributed by atoms with van der Waals surface area (Å²) in [5, 5.41) is 9.40. The zero-order chi connectivity index (χ0) is 10.6. The molecular weight excluding hydrogens is 181 g/mol. The van der Waals surface area contributed by atoms with Crippen molar-refractivity contribution in [1.82, 2.24) is 5.32 Å². The highest BCUT2D eigenvalue weighted by Crippen LogP contribution is 2.24. The minimum Gasteiger partial charge on any atom is -0.394 e. The van der Waals surface area contributed by atoms with E-state index in [0.29, 0.717) is 0 Å². The smallest absolute Gasteiger partial charge is 0.394 e. The van der Waals surface area contributed by atoms with Gasteiger partial charge in [-0.25, -0.2) is 0 Å². The lowest BCUT2D eigenvalue weighted by Gasteiger charge is -2.15. The first-order valence-corrected chi connectivity index (χ1v) is 3.84. The third kappa shape index (κ3) is 3.48. The second-order valence-corrected chi connectivity index (χ2v) is 2.92. The van der Waals surface area contributed by atoms with E-state index in [9.17, 15) is 13.2 Å². The minimum absolute atomic E-state index is 0.0324. The summed E-state index contributed by atoms with van der Waals surface area (Å²) in [6.45, 7) is 3.23. The molecule has 0 spiro atoms. The standard InChI is InChI=1S/C8H13F3N2/c1-5(2)6(4-13-3)7(12)8(9,10)11/h4-5,12-13H,1-3H3/b6-4-,12-7?. The van der Waals surface area contributed by atoms with Gasteiger partial charge in [-0.3, -0.25) is 5.41 Å². The summed E-state index contributed by atoms with van der Waals surface area (Å²) < 4.78 is 36.3. The molecule has 0 radical (unpaired) electrons. The van der Waals surface area contributed by atoms with Crippen LogP contribution in [0.5, 0.6) is 0 Å². The number of alkyl halides is 3. The topological polar surface area (TPSA) is 35.9 Å². The molecule has 0 unspecified atom stereocenters. The van der Waals surface area contributed by atoms with Gasteiger partial charge in [0.1, 0.15) is 5.71 Å². The molecule has 0 saturated carbocycles. The van der Waals surface area contributed by atoms with Gasteiger partial charge in [0.15, 0.2) is 0 Å². The first-order chi connectivity index (χ1) is 5.80. The molecule has 76 valence electrons. The van der Waals surface area contributed by atoms with Gasteiger partial charge in [0.05, 0.1) is 0 Å². The van der Waals surface area contributed by atoms with Crippen LogP contribution in [0, 0.1) is 11.3 Å². The van der Waals surface area contributed by atoms with E-state index in [1.807, 2.05) is 0 Å². The highest BCUT2D eigenvalue weighted by Gasteiger charge is 2.37. The Labute approximate surface area is 75.3 Å². The van der Waals surface area contributed by atoms with Gasteiger partial charge < -0.3 is 5.32 Å². The maximum Gasteiger partial charge on any atom is 0.432 e. The molecule has 0 bridgehead atoms. The van der Waals surface area contributed by atoms with Gasteiger partial charge >= 0.3 is 6.18 Å². The predicted octanol–water partition coefficient (Wildman–Crippen LogP) is 2.33. The summed E-state index contributed by atoms with van der Waals surface area (Å²) in [6, 6.07) is 0. The summed E-state index contributed by atoms with van der Waals surface area (Å²) in [5.74, 6) is -0.318. The molecule has 0 aliphatic carbocycles. The summed E-state index contributed by atoms with van der Waals surface area (Å²) in [7, 11) is 1.51. The van der Waals surface area contributed by atoms with Gasteiger partial charge in [-0.05, 0) is 5.92 Å². The Hall–Kier alpha value is -1.00. The van der Waals surface area contributed by atoms with E-state index < -0.39 is 11.9 Å². The van der Waals surface area contributed by atoms with Gasteiger partial charge in [0.25, 0.3) is 0 Å². The number of rotatable bonds is 3. The Bertz CT molecular complexity index is 216. The van der Waals surface area contributed by atoms with Crippen molar-refractivity contribution in [1.29, 1.82) is 5.41 Å². The third-order valence-electron chi connectivity index (χ3n) is 1.49. The molecule has 0 fully saturated rings. The Morgan fingerprint density at radius 2 is 1.85 bits per heavy atom. The van der Waals surface area contributed by atoms with Crippen molar-refractivity contribution < 1.29 is 13.2 Å². The Balaban J connectivity index is 4.79. The van der Waals surface area contributed by atoms with E-state index in [1.54, 1.807) is 13.8 Å². The summed E-state index contributed by atoms with van der Waals surface area (Å²) in [6.07, 6.45) is -3.35. The summed E-state index contributed by atoms with van der Waals surface area (Å²) >= 11 is 0. The molecule has 0 aliphatic rings. The Kier molecular flexibility index (Phi) is 3.97. The molecule has 0 rings (SSSR count). The lowest BCUT2D eigenvalue weighted by Crippen LogP contribution is -2.27. The largest absolute Gasteiger partial charge is 0.432 e. The van der Waals surface area contributed by atoms with Crippen molar-refractivity contribution in [2.45, 2.75) is 20.0 Å². The number of allylic oxidation sites excluding steroid dienone is 1. The molecule has 2 nitrogen and oxygen atoms in total. The molecule has 0 atom stereocenters. The first kappa shape index (κ1) is 12.0. The SMILES string of the molecule is CN/C=C(\C(=N)C(F)(F)F)C(C)C. The van der Waals surface area contributed by atoms with Crippen LogP contribution in [0.1, 0.15) is 13.8 Å². The van der Waals surface area contributed by atoms with Crippen molar-refractivity contribution >= 4 is 5.71 Å². The molecular formula is C8H13F3N2. The first-order valence-electron chi connectivity index (χ1n) is 3.84. The zero-order valence-electron chi connectivity index (χ0n) is 7.79.